The zero-order chi connectivity index (χ0) is 16.8. The van der Waals surface area contributed by atoms with Gasteiger partial charge in [0.15, 0.2) is 0 Å². The highest BCUT2D eigenvalue weighted by molar-refractivity contribution is 5.89. The summed E-state index contributed by atoms with van der Waals surface area (Å²) in [4.78, 5) is 22.3. The molecule has 0 fully saturated rings. The van der Waals surface area contributed by atoms with Crippen molar-refractivity contribution < 1.29 is 9.72 Å². The molecule has 0 heterocycles. The zero-order valence-corrected chi connectivity index (χ0v) is 13.0. The standard InChI is InChI=1S/C17H19N3O3/c1-12(2)16(13-6-4-3-5-7-13)19-17(21)18-14-8-10-15(11-9-14)20(22)23/h3-12,16H,1-2H3,(H2,18,19,21). The fourth-order valence-electron chi connectivity index (χ4n) is 2.27. The van der Waals surface area contributed by atoms with E-state index in [1.165, 1.54) is 24.3 Å². The number of hydrogen-bond acceptors (Lipinski definition) is 3. The summed E-state index contributed by atoms with van der Waals surface area (Å²) in [6.45, 7) is 4.06. The summed E-state index contributed by atoms with van der Waals surface area (Å²) in [5.74, 6) is 0.222. The third kappa shape index (κ3) is 4.54. The Labute approximate surface area is 134 Å². The third-order valence-corrected chi connectivity index (χ3v) is 3.45. The fraction of sp³-hybridized carbons (Fsp3) is 0.235. The molecule has 0 aliphatic rings. The number of nitro benzene ring substituents is 1. The molecule has 1 unspecified atom stereocenters. The highest BCUT2D eigenvalue weighted by atomic mass is 16.6. The lowest BCUT2D eigenvalue weighted by Crippen LogP contribution is -2.35. The Balaban J connectivity index is 2.03. The summed E-state index contributed by atoms with van der Waals surface area (Å²) in [5, 5.41) is 16.2. The van der Waals surface area contributed by atoms with Gasteiger partial charge in [0.2, 0.25) is 0 Å². The first kappa shape index (κ1) is 16.5. The normalized spacial score (nSPS) is 11.8. The van der Waals surface area contributed by atoms with E-state index >= 15 is 0 Å². The molecule has 2 rings (SSSR count). The summed E-state index contributed by atoms with van der Waals surface area (Å²) < 4.78 is 0. The smallest absolute Gasteiger partial charge is 0.319 e. The highest BCUT2D eigenvalue weighted by Crippen LogP contribution is 2.22. The molecular formula is C17H19N3O3. The minimum absolute atomic E-state index is 0.0136. The second-order valence-electron chi connectivity index (χ2n) is 5.53. The molecule has 0 saturated carbocycles. The molecule has 1 atom stereocenters. The average molecular weight is 313 g/mol. The number of non-ortho nitro benzene ring substituents is 1. The van der Waals surface area contributed by atoms with Crippen LogP contribution in [0.2, 0.25) is 0 Å². The Morgan fingerprint density at radius 1 is 1.04 bits per heavy atom. The minimum Gasteiger partial charge on any atom is -0.331 e. The quantitative estimate of drug-likeness (QED) is 0.643. The molecule has 2 aromatic rings. The maximum Gasteiger partial charge on any atom is 0.319 e. The molecule has 2 N–H and O–H groups in total. The van der Waals surface area contributed by atoms with Crippen LogP contribution in [-0.4, -0.2) is 11.0 Å². The number of rotatable bonds is 5. The van der Waals surface area contributed by atoms with Crippen LogP contribution >= 0.6 is 0 Å². The number of nitrogens with zero attached hydrogens (tertiary/aromatic N) is 1. The van der Waals surface area contributed by atoms with Crippen molar-refractivity contribution in [3.63, 3.8) is 0 Å². The number of urea groups is 1. The first-order valence-electron chi connectivity index (χ1n) is 7.34. The van der Waals surface area contributed by atoms with Crippen LogP contribution < -0.4 is 10.6 Å². The number of nitrogens with one attached hydrogen (secondary N) is 2. The van der Waals surface area contributed by atoms with Crippen LogP contribution in [-0.2, 0) is 0 Å². The van der Waals surface area contributed by atoms with E-state index in [1.807, 2.05) is 44.2 Å². The molecule has 6 heteroatoms. The van der Waals surface area contributed by atoms with Crippen LogP contribution in [0.5, 0.6) is 0 Å². The van der Waals surface area contributed by atoms with Crippen LogP contribution in [0, 0.1) is 16.0 Å². The van der Waals surface area contributed by atoms with Crippen LogP contribution in [0.1, 0.15) is 25.5 Å². The minimum atomic E-state index is -0.478. The third-order valence-electron chi connectivity index (χ3n) is 3.45. The Hall–Kier alpha value is -2.89. The van der Waals surface area contributed by atoms with E-state index in [9.17, 15) is 14.9 Å². The summed E-state index contributed by atoms with van der Waals surface area (Å²) in [6.07, 6.45) is 0. The van der Waals surface area contributed by atoms with Gasteiger partial charge in [-0.05, 0) is 23.6 Å². The van der Waals surface area contributed by atoms with E-state index in [0.29, 0.717) is 5.69 Å². The predicted molar refractivity (Wildman–Crippen MR) is 89.3 cm³/mol. The molecule has 0 spiro atoms. The van der Waals surface area contributed by atoms with Gasteiger partial charge in [-0.1, -0.05) is 44.2 Å². The Morgan fingerprint density at radius 3 is 2.17 bits per heavy atom. The van der Waals surface area contributed by atoms with Crippen molar-refractivity contribution in [3.8, 4) is 0 Å². The number of carbonyl (C=O) groups is 1. The maximum absolute atomic E-state index is 12.2. The fourth-order valence-corrected chi connectivity index (χ4v) is 2.27. The molecule has 6 nitrogen and oxygen atoms in total. The van der Waals surface area contributed by atoms with Crippen LogP contribution in [0.25, 0.3) is 0 Å². The molecule has 0 bridgehead atoms. The number of amides is 2. The SMILES string of the molecule is CC(C)C(NC(=O)Nc1ccc([N+](=O)[O-])cc1)c1ccccc1. The van der Waals surface area contributed by atoms with Gasteiger partial charge in [-0.2, -0.15) is 0 Å². The second kappa shape index (κ2) is 7.40. The van der Waals surface area contributed by atoms with Gasteiger partial charge in [0, 0.05) is 17.8 Å². The van der Waals surface area contributed by atoms with Crippen LogP contribution in [0.15, 0.2) is 54.6 Å². The monoisotopic (exact) mass is 313 g/mol. The van der Waals surface area contributed by atoms with Gasteiger partial charge >= 0.3 is 6.03 Å². The predicted octanol–water partition coefficient (Wildman–Crippen LogP) is 4.11. The molecule has 0 radical (unpaired) electrons. The lowest BCUT2D eigenvalue weighted by molar-refractivity contribution is -0.384. The molecule has 0 aliphatic carbocycles. The zero-order valence-electron chi connectivity index (χ0n) is 13.0. The summed E-state index contributed by atoms with van der Waals surface area (Å²) in [6, 6.07) is 15.0. The Bertz CT molecular complexity index is 669. The topological polar surface area (TPSA) is 84.3 Å². The van der Waals surface area contributed by atoms with Gasteiger partial charge in [-0.3, -0.25) is 10.1 Å². The lowest BCUT2D eigenvalue weighted by atomic mass is 9.96. The molecule has 2 amide bonds. The van der Waals surface area contributed by atoms with Crippen molar-refractivity contribution in [2.75, 3.05) is 5.32 Å². The van der Waals surface area contributed by atoms with Crippen molar-refractivity contribution in [2.24, 2.45) is 5.92 Å². The van der Waals surface area contributed by atoms with E-state index in [2.05, 4.69) is 10.6 Å². The van der Waals surface area contributed by atoms with E-state index < -0.39 is 4.92 Å². The van der Waals surface area contributed by atoms with Crippen LogP contribution in [0.3, 0.4) is 0 Å². The first-order chi connectivity index (χ1) is 11.0. The molecule has 23 heavy (non-hydrogen) atoms. The first-order valence-corrected chi connectivity index (χ1v) is 7.34. The molecular weight excluding hydrogens is 294 g/mol. The van der Waals surface area contributed by atoms with Crippen molar-refractivity contribution in [2.45, 2.75) is 19.9 Å². The Kier molecular flexibility index (Phi) is 5.30. The van der Waals surface area contributed by atoms with Crippen molar-refractivity contribution in [3.05, 3.63) is 70.3 Å². The molecule has 2 aromatic carbocycles. The van der Waals surface area contributed by atoms with Gasteiger partial charge < -0.3 is 10.6 Å². The van der Waals surface area contributed by atoms with Gasteiger partial charge in [-0.25, -0.2) is 4.79 Å². The summed E-state index contributed by atoms with van der Waals surface area (Å²) >= 11 is 0. The molecule has 0 aliphatic heterocycles. The number of nitro groups is 1. The summed E-state index contributed by atoms with van der Waals surface area (Å²) in [5.41, 5.74) is 1.52. The van der Waals surface area contributed by atoms with E-state index in [1.54, 1.807) is 0 Å². The van der Waals surface area contributed by atoms with Gasteiger partial charge in [0.05, 0.1) is 11.0 Å². The second-order valence-corrected chi connectivity index (χ2v) is 5.53. The van der Waals surface area contributed by atoms with E-state index in [4.69, 9.17) is 0 Å². The van der Waals surface area contributed by atoms with Gasteiger partial charge in [0.1, 0.15) is 0 Å². The van der Waals surface area contributed by atoms with Gasteiger partial charge in [-0.15, -0.1) is 0 Å². The van der Waals surface area contributed by atoms with Crippen molar-refractivity contribution >= 4 is 17.4 Å². The molecule has 0 saturated heterocycles. The van der Waals surface area contributed by atoms with E-state index in [-0.39, 0.29) is 23.7 Å². The number of anilines is 1. The molecule has 120 valence electrons. The lowest BCUT2D eigenvalue weighted by Gasteiger charge is -2.23. The highest BCUT2D eigenvalue weighted by Gasteiger charge is 2.18. The van der Waals surface area contributed by atoms with Crippen molar-refractivity contribution in [1.82, 2.24) is 5.32 Å². The number of benzene rings is 2. The Morgan fingerprint density at radius 2 is 1.65 bits per heavy atom. The average Bonchev–Trinajstić information content (AvgIpc) is 2.53. The van der Waals surface area contributed by atoms with Gasteiger partial charge in [0.25, 0.3) is 5.69 Å². The largest absolute Gasteiger partial charge is 0.331 e. The number of hydrogen-bond donors (Lipinski definition) is 2. The maximum atomic E-state index is 12.2. The number of carbonyl (C=O) groups excluding carboxylic acids is 1. The van der Waals surface area contributed by atoms with Crippen LogP contribution in [0.4, 0.5) is 16.2 Å². The van der Waals surface area contributed by atoms with Crippen molar-refractivity contribution in [1.29, 1.82) is 0 Å². The summed E-state index contributed by atoms with van der Waals surface area (Å²) in [7, 11) is 0. The molecule has 0 aromatic heterocycles. The van der Waals surface area contributed by atoms with E-state index in [0.717, 1.165) is 5.56 Å².